The number of carbonyl (C=O) groups excluding carboxylic acids is 1. The molecule has 0 spiro atoms. The molecule has 29 heavy (non-hydrogen) atoms. The third-order valence-corrected chi connectivity index (χ3v) is 6.10. The Balaban J connectivity index is 1.36. The summed E-state index contributed by atoms with van der Waals surface area (Å²) in [5.74, 6) is 1.02. The molecule has 6 heteroatoms. The van der Waals surface area contributed by atoms with E-state index >= 15 is 0 Å². The van der Waals surface area contributed by atoms with Gasteiger partial charge in [0.05, 0.1) is 6.61 Å². The van der Waals surface area contributed by atoms with Crippen LogP contribution in [0, 0.1) is 5.92 Å². The Bertz CT molecular complexity index is 1000. The number of amides is 1. The van der Waals surface area contributed by atoms with Crippen molar-refractivity contribution in [3.05, 3.63) is 66.6 Å². The van der Waals surface area contributed by atoms with Gasteiger partial charge in [0.15, 0.2) is 5.69 Å². The second-order valence-electron chi connectivity index (χ2n) is 7.92. The first-order chi connectivity index (χ1) is 14.2. The van der Waals surface area contributed by atoms with E-state index in [1.54, 1.807) is 10.9 Å². The monoisotopic (exact) mass is 388 g/mol. The molecular weight excluding hydrogens is 364 g/mol. The second-order valence-corrected chi connectivity index (χ2v) is 7.92. The first kappa shape index (κ1) is 17.9. The molecular formula is C23H24N4O2. The number of carbonyl (C=O) groups is 1. The van der Waals surface area contributed by atoms with Crippen molar-refractivity contribution in [3.63, 3.8) is 0 Å². The largest absolute Gasteiger partial charge is 0.477 e. The van der Waals surface area contributed by atoms with Crippen LogP contribution in [0.15, 0.2) is 60.9 Å². The normalized spacial score (nSPS) is 22.8. The molecule has 2 fully saturated rings. The lowest BCUT2D eigenvalue weighted by molar-refractivity contribution is 0.0704. The number of aromatic nitrogens is 3. The topological polar surface area (TPSA) is 60.2 Å². The molecule has 2 aliphatic heterocycles. The van der Waals surface area contributed by atoms with Crippen LogP contribution in [0.1, 0.15) is 29.8 Å². The summed E-state index contributed by atoms with van der Waals surface area (Å²) in [6.45, 7) is 0.593. The smallest absolute Gasteiger partial charge is 0.275 e. The number of benzene rings is 1. The number of rotatable bonds is 5. The zero-order valence-electron chi connectivity index (χ0n) is 16.4. The minimum Gasteiger partial charge on any atom is -0.477 e. The van der Waals surface area contributed by atoms with E-state index in [4.69, 9.17) is 4.74 Å². The van der Waals surface area contributed by atoms with Gasteiger partial charge in [-0.1, -0.05) is 36.4 Å². The van der Waals surface area contributed by atoms with Crippen molar-refractivity contribution >= 4 is 5.91 Å². The fourth-order valence-electron chi connectivity index (χ4n) is 4.83. The molecule has 2 aliphatic rings. The highest BCUT2D eigenvalue weighted by Gasteiger charge is 2.49. The van der Waals surface area contributed by atoms with Gasteiger partial charge in [0, 0.05) is 49.1 Å². The third-order valence-electron chi connectivity index (χ3n) is 6.10. The molecule has 0 radical (unpaired) electrons. The summed E-state index contributed by atoms with van der Waals surface area (Å²) in [4.78, 5) is 19.8. The van der Waals surface area contributed by atoms with Crippen molar-refractivity contribution in [3.8, 4) is 17.0 Å². The van der Waals surface area contributed by atoms with E-state index in [0.29, 0.717) is 24.1 Å². The Morgan fingerprint density at radius 2 is 1.97 bits per heavy atom. The predicted octanol–water partition coefficient (Wildman–Crippen LogP) is 3.55. The van der Waals surface area contributed by atoms with E-state index in [-0.39, 0.29) is 18.0 Å². The van der Waals surface area contributed by atoms with E-state index in [9.17, 15) is 4.79 Å². The molecule has 2 saturated heterocycles. The fraction of sp³-hybridized carbons (Fsp3) is 0.348. The van der Waals surface area contributed by atoms with Crippen LogP contribution in [0.4, 0.5) is 0 Å². The number of hydrogen-bond acceptors (Lipinski definition) is 4. The van der Waals surface area contributed by atoms with Crippen molar-refractivity contribution in [2.75, 3.05) is 6.61 Å². The van der Waals surface area contributed by atoms with Crippen molar-refractivity contribution in [1.29, 1.82) is 0 Å². The minimum atomic E-state index is 0.0392. The average molecular weight is 388 g/mol. The Kier molecular flexibility index (Phi) is 4.54. The van der Waals surface area contributed by atoms with E-state index in [0.717, 1.165) is 30.4 Å². The van der Waals surface area contributed by atoms with Crippen LogP contribution in [0.2, 0.25) is 0 Å². The van der Waals surface area contributed by atoms with Crippen LogP contribution in [0.25, 0.3) is 11.1 Å². The van der Waals surface area contributed by atoms with Crippen LogP contribution < -0.4 is 4.74 Å². The zero-order valence-corrected chi connectivity index (χ0v) is 16.4. The number of aryl methyl sites for hydroxylation is 1. The van der Waals surface area contributed by atoms with Crippen molar-refractivity contribution in [1.82, 2.24) is 19.7 Å². The van der Waals surface area contributed by atoms with Gasteiger partial charge in [-0.2, -0.15) is 5.10 Å². The highest BCUT2D eigenvalue weighted by Crippen LogP contribution is 2.43. The summed E-state index contributed by atoms with van der Waals surface area (Å²) < 4.78 is 7.64. The molecule has 148 valence electrons. The van der Waals surface area contributed by atoms with Crippen LogP contribution >= 0.6 is 0 Å². The summed E-state index contributed by atoms with van der Waals surface area (Å²) in [6.07, 6.45) is 6.74. The molecule has 0 aliphatic carbocycles. The van der Waals surface area contributed by atoms with E-state index in [1.807, 2.05) is 61.8 Å². The molecule has 3 atom stereocenters. The van der Waals surface area contributed by atoms with Gasteiger partial charge >= 0.3 is 0 Å². The first-order valence-corrected chi connectivity index (χ1v) is 10.2. The maximum atomic E-state index is 13.5. The first-order valence-electron chi connectivity index (χ1n) is 10.2. The van der Waals surface area contributed by atoms with Crippen LogP contribution in [0.3, 0.4) is 0 Å². The van der Waals surface area contributed by atoms with Gasteiger partial charge in [0.2, 0.25) is 5.88 Å². The lowest BCUT2D eigenvalue weighted by atomic mass is 9.90. The molecule has 6 nitrogen and oxygen atoms in total. The van der Waals surface area contributed by atoms with Gasteiger partial charge in [-0.05, 0) is 30.9 Å². The Hall–Kier alpha value is -3.15. The number of pyridine rings is 1. The van der Waals surface area contributed by atoms with Crippen LogP contribution in [-0.4, -0.2) is 44.3 Å². The summed E-state index contributed by atoms with van der Waals surface area (Å²) in [5.41, 5.74) is 2.46. The summed E-state index contributed by atoms with van der Waals surface area (Å²) in [5, 5.41) is 4.53. The fourth-order valence-corrected chi connectivity index (χ4v) is 4.83. The summed E-state index contributed by atoms with van der Waals surface area (Å²) >= 11 is 0. The van der Waals surface area contributed by atoms with Gasteiger partial charge in [0.1, 0.15) is 0 Å². The Labute approximate surface area is 170 Å². The standard InChI is InChI=1S/C23H24N4O2/c1-26-14-19(16-7-3-2-4-8-16)22(25-26)23(28)27-18-10-11-20(27)17(13-18)15-29-21-9-5-6-12-24-21/h2-9,12,14,17-18,20H,10-11,13,15H2,1H3. The van der Waals surface area contributed by atoms with E-state index < -0.39 is 0 Å². The van der Waals surface area contributed by atoms with Crippen molar-refractivity contribution < 1.29 is 9.53 Å². The van der Waals surface area contributed by atoms with Crippen molar-refractivity contribution in [2.45, 2.75) is 31.3 Å². The number of ether oxygens (including phenoxy) is 1. The molecule has 1 amide bonds. The van der Waals surface area contributed by atoms with E-state index in [1.165, 1.54) is 0 Å². The van der Waals surface area contributed by atoms with Gasteiger partial charge in [-0.3, -0.25) is 9.48 Å². The van der Waals surface area contributed by atoms with Crippen molar-refractivity contribution in [2.24, 2.45) is 13.0 Å². The molecule has 0 N–H and O–H groups in total. The van der Waals surface area contributed by atoms with Gasteiger partial charge in [-0.15, -0.1) is 0 Å². The molecule has 0 saturated carbocycles. The lowest BCUT2D eigenvalue weighted by Crippen LogP contribution is -2.38. The van der Waals surface area contributed by atoms with Gasteiger partial charge in [0.25, 0.3) is 5.91 Å². The molecule has 5 rings (SSSR count). The maximum Gasteiger partial charge on any atom is 0.275 e. The molecule has 4 heterocycles. The quantitative estimate of drug-likeness (QED) is 0.671. The highest BCUT2D eigenvalue weighted by molar-refractivity contribution is 5.99. The molecule has 3 unspecified atom stereocenters. The minimum absolute atomic E-state index is 0.0392. The average Bonchev–Trinajstić information content (AvgIpc) is 3.45. The van der Waals surface area contributed by atoms with E-state index in [2.05, 4.69) is 15.0 Å². The van der Waals surface area contributed by atoms with Gasteiger partial charge in [-0.25, -0.2) is 4.98 Å². The highest BCUT2D eigenvalue weighted by atomic mass is 16.5. The zero-order chi connectivity index (χ0) is 19.8. The predicted molar refractivity (Wildman–Crippen MR) is 109 cm³/mol. The Morgan fingerprint density at radius 3 is 2.76 bits per heavy atom. The Morgan fingerprint density at radius 1 is 1.14 bits per heavy atom. The SMILES string of the molecule is Cn1cc(-c2ccccc2)c(C(=O)N2C3CCC2C(COc2ccccn2)C3)n1. The van der Waals surface area contributed by atoms with Gasteiger partial charge < -0.3 is 9.64 Å². The molecule has 2 bridgehead atoms. The summed E-state index contributed by atoms with van der Waals surface area (Å²) in [7, 11) is 1.87. The van der Waals surface area contributed by atoms with Crippen LogP contribution in [0.5, 0.6) is 5.88 Å². The third kappa shape index (κ3) is 3.28. The summed E-state index contributed by atoms with van der Waals surface area (Å²) in [6, 6.07) is 16.2. The lowest BCUT2D eigenvalue weighted by Gasteiger charge is -2.24. The second kappa shape index (κ2) is 7.35. The number of fused-ring (bicyclic) bond motifs is 2. The molecule has 2 aromatic heterocycles. The number of hydrogen-bond donors (Lipinski definition) is 0. The maximum absolute atomic E-state index is 13.5. The number of nitrogens with zero attached hydrogens (tertiary/aromatic N) is 4. The van der Waals surface area contributed by atoms with Crippen LogP contribution in [-0.2, 0) is 7.05 Å². The molecule has 3 aromatic rings. The molecule has 1 aromatic carbocycles.